The van der Waals surface area contributed by atoms with Crippen LogP contribution in [0.25, 0.3) is 68.8 Å². The van der Waals surface area contributed by atoms with Gasteiger partial charge < -0.3 is 4.57 Å². The fourth-order valence-corrected chi connectivity index (χ4v) is 7.95. The number of hydrogen-bond acceptors (Lipinski definition) is 4. The van der Waals surface area contributed by atoms with Crippen LogP contribution in [-0.4, -0.2) is 14.5 Å². The minimum Gasteiger partial charge on any atom is -0.308 e. The molecule has 5 heterocycles. The number of thiophene rings is 2. The first kappa shape index (κ1) is 20.8. The highest BCUT2D eigenvalue weighted by Gasteiger charge is 2.21. The summed E-state index contributed by atoms with van der Waals surface area (Å²) in [6.07, 6.45) is 3.62. The van der Waals surface area contributed by atoms with Crippen molar-refractivity contribution in [2.45, 2.75) is 0 Å². The second kappa shape index (κ2) is 8.10. The maximum absolute atomic E-state index is 5.01. The predicted molar refractivity (Wildman–Crippen MR) is 158 cm³/mol. The van der Waals surface area contributed by atoms with Gasteiger partial charge in [-0.05, 0) is 54.6 Å². The van der Waals surface area contributed by atoms with Crippen LogP contribution in [0.2, 0.25) is 0 Å². The van der Waals surface area contributed by atoms with Gasteiger partial charge in [0.25, 0.3) is 0 Å². The number of fused-ring (bicyclic) bond motifs is 7. The Morgan fingerprint density at radius 3 is 2.27 bits per heavy atom. The number of benzene rings is 3. The van der Waals surface area contributed by atoms with E-state index in [4.69, 9.17) is 4.98 Å². The van der Waals surface area contributed by atoms with Gasteiger partial charge in [0.05, 0.1) is 31.1 Å². The molecule has 0 spiro atoms. The van der Waals surface area contributed by atoms with Gasteiger partial charge in [-0.15, -0.1) is 22.7 Å². The van der Waals surface area contributed by atoms with Crippen molar-refractivity contribution < 1.29 is 0 Å². The normalized spacial score (nSPS) is 11.8. The summed E-state index contributed by atoms with van der Waals surface area (Å²) in [5.41, 5.74) is 7.87. The molecule has 5 aromatic heterocycles. The van der Waals surface area contributed by atoms with Crippen LogP contribution in [-0.2, 0) is 0 Å². The Balaban J connectivity index is 1.41. The Kier molecular flexibility index (Phi) is 4.56. The molecule has 0 aliphatic rings. The first-order valence-electron chi connectivity index (χ1n) is 12.2. The van der Waals surface area contributed by atoms with E-state index >= 15 is 0 Å². The molecule has 0 saturated heterocycles. The molecule has 0 unspecified atom stereocenters. The summed E-state index contributed by atoms with van der Waals surface area (Å²) in [6.45, 7) is 0. The van der Waals surface area contributed by atoms with E-state index in [1.807, 2.05) is 47.2 Å². The Bertz CT molecular complexity index is 2080. The van der Waals surface area contributed by atoms with Crippen molar-refractivity contribution in [2.75, 3.05) is 0 Å². The van der Waals surface area contributed by atoms with Crippen LogP contribution < -0.4 is 0 Å². The minimum atomic E-state index is 0.956. The van der Waals surface area contributed by atoms with Gasteiger partial charge >= 0.3 is 0 Å². The first-order valence-corrected chi connectivity index (χ1v) is 13.8. The Hall–Kier alpha value is -4.32. The molecule has 0 radical (unpaired) electrons. The predicted octanol–water partition coefficient (Wildman–Crippen LogP) is 9.34. The second-order valence-corrected chi connectivity index (χ2v) is 11.4. The number of hydrogen-bond donors (Lipinski definition) is 0. The van der Waals surface area contributed by atoms with Crippen LogP contribution in [0.15, 0.2) is 116 Å². The van der Waals surface area contributed by atoms with E-state index in [1.165, 1.54) is 46.3 Å². The van der Waals surface area contributed by atoms with E-state index in [2.05, 4.69) is 101 Å². The Labute approximate surface area is 220 Å². The lowest BCUT2D eigenvalue weighted by atomic mass is 10.1. The lowest BCUT2D eigenvalue weighted by Gasteiger charge is -2.08. The lowest BCUT2D eigenvalue weighted by Crippen LogP contribution is -1.92. The van der Waals surface area contributed by atoms with Crippen molar-refractivity contribution in [1.29, 1.82) is 0 Å². The van der Waals surface area contributed by atoms with Crippen LogP contribution >= 0.6 is 22.7 Å². The highest BCUT2D eigenvalue weighted by Crippen LogP contribution is 2.49. The highest BCUT2D eigenvalue weighted by molar-refractivity contribution is 7.45. The highest BCUT2D eigenvalue weighted by atomic mass is 32.2. The van der Waals surface area contributed by atoms with Gasteiger partial charge in [0.1, 0.15) is 0 Å². The Morgan fingerprint density at radius 1 is 0.622 bits per heavy atom. The monoisotopic (exact) mass is 509 g/mol. The molecule has 0 fully saturated rings. The van der Waals surface area contributed by atoms with E-state index in [1.54, 1.807) is 0 Å². The molecule has 8 aromatic rings. The number of nitrogens with zero attached hydrogens (tertiary/aromatic N) is 3. The summed E-state index contributed by atoms with van der Waals surface area (Å²) in [6, 6.07) is 36.5. The van der Waals surface area contributed by atoms with Crippen LogP contribution in [0.3, 0.4) is 0 Å². The minimum absolute atomic E-state index is 0.956. The lowest BCUT2D eigenvalue weighted by molar-refractivity contribution is 1.19. The molecule has 174 valence electrons. The number of aromatic nitrogens is 3. The van der Waals surface area contributed by atoms with E-state index in [0.29, 0.717) is 0 Å². The third kappa shape index (κ3) is 3.18. The van der Waals surface area contributed by atoms with Crippen LogP contribution in [0.5, 0.6) is 0 Å². The maximum Gasteiger partial charge on any atom is 0.0906 e. The van der Waals surface area contributed by atoms with Crippen molar-refractivity contribution >= 4 is 63.3 Å². The first-order chi connectivity index (χ1) is 18.3. The van der Waals surface area contributed by atoms with Crippen LogP contribution in [0.1, 0.15) is 0 Å². The molecule has 0 aliphatic heterocycles. The molecule has 0 N–H and O–H groups in total. The summed E-state index contributed by atoms with van der Waals surface area (Å²) in [5, 5.41) is 3.94. The third-order valence-corrected chi connectivity index (χ3v) is 9.42. The molecule has 0 saturated carbocycles. The average Bonchev–Trinajstić information content (AvgIpc) is 3.60. The van der Waals surface area contributed by atoms with Gasteiger partial charge in [-0.3, -0.25) is 4.98 Å². The van der Waals surface area contributed by atoms with Crippen LogP contribution in [0, 0.1) is 0 Å². The van der Waals surface area contributed by atoms with E-state index in [9.17, 15) is 0 Å². The van der Waals surface area contributed by atoms with Gasteiger partial charge in [-0.2, -0.15) is 0 Å². The molecule has 0 aliphatic carbocycles. The molecule has 37 heavy (non-hydrogen) atoms. The molecule has 3 aromatic carbocycles. The molecule has 0 amide bonds. The molecular weight excluding hydrogens is 491 g/mol. The molecule has 8 rings (SSSR count). The maximum atomic E-state index is 5.01. The fraction of sp³-hybridized carbons (Fsp3) is 0. The van der Waals surface area contributed by atoms with Crippen molar-refractivity contribution in [1.82, 2.24) is 14.5 Å². The fourth-order valence-electron chi connectivity index (χ4n) is 5.29. The summed E-state index contributed by atoms with van der Waals surface area (Å²) < 4.78 is 6.46. The van der Waals surface area contributed by atoms with E-state index in [0.717, 1.165) is 22.5 Å². The Morgan fingerprint density at radius 2 is 1.41 bits per heavy atom. The SMILES string of the molecule is c1ccc(-n2c3ccccc3c3sc4sc5ccc(-c6cccc(-c7ccncc7)n6)cc5c4c32)cc1. The van der Waals surface area contributed by atoms with Crippen molar-refractivity contribution in [3.8, 4) is 28.2 Å². The summed E-state index contributed by atoms with van der Waals surface area (Å²) in [4.78, 5) is 9.15. The molecule has 3 nitrogen and oxygen atoms in total. The van der Waals surface area contributed by atoms with Crippen LogP contribution in [0.4, 0.5) is 0 Å². The summed E-state index contributed by atoms with van der Waals surface area (Å²) in [5.74, 6) is 0. The van der Waals surface area contributed by atoms with Gasteiger partial charge in [-0.25, -0.2) is 4.98 Å². The quantitative estimate of drug-likeness (QED) is 0.237. The third-order valence-electron chi connectivity index (χ3n) is 6.95. The van der Waals surface area contributed by atoms with Crippen molar-refractivity contribution in [3.05, 3.63) is 116 Å². The molecule has 0 atom stereocenters. The number of rotatable bonds is 3. The van der Waals surface area contributed by atoms with Gasteiger partial charge in [0, 0.05) is 50.1 Å². The second-order valence-electron chi connectivity index (χ2n) is 9.09. The van der Waals surface area contributed by atoms with Gasteiger partial charge in [0.2, 0.25) is 0 Å². The number of pyridine rings is 2. The van der Waals surface area contributed by atoms with E-state index < -0.39 is 0 Å². The zero-order chi connectivity index (χ0) is 24.3. The summed E-state index contributed by atoms with van der Waals surface area (Å²) >= 11 is 3.80. The molecular formula is C32H19N3S2. The van der Waals surface area contributed by atoms with E-state index in [-0.39, 0.29) is 0 Å². The average molecular weight is 510 g/mol. The zero-order valence-corrected chi connectivity index (χ0v) is 21.3. The smallest absolute Gasteiger partial charge is 0.0906 e. The topological polar surface area (TPSA) is 30.7 Å². The molecule has 0 bridgehead atoms. The summed E-state index contributed by atoms with van der Waals surface area (Å²) in [7, 11) is 0. The van der Waals surface area contributed by atoms with Crippen molar-refractivity contribution in [3.63, 3.8) is 0 Å². The standard InChI is InChI=1S/C32H19N3S2/c1-2-7-22(8-3-1)35-27-12-5-4-9-23(27)31-30(35)29-24-19-21(13-14-28(24)36-32(29)37-31)26-11-6-10-25(34-26)20-15-17-33-18-16-20/h1-19H. The van der Waals surface area contributed by atoms with Crippen molar-refractivity contribution in [2.24, 2.45) is 0 Å². The largest absolute Gasteiger partial charge is 0.308 e. The van der Waals surface area contributed by atoms with Gasteiger partial charge in [0.15, 0.2) is 0 Å². The zero-order valence-electron chi connectivity index (χ0n) is 19.6. The molecule has 5 heteroatoms. The van der Waals surface area contributed by atoms with Gasteiger partial charge in [-0.1, -0.05) is 48.5 Å². The number of para-hydroxylation sites is 2.